The van der Waals surface area contributed by atoms with E-state index in [2.05, 4.69) is 12.2 Å². The Labute approximate surface area is 125 Å². The maximum atomic E-state index is 9.25. The third-order valence-electron chi connectivity index (χ3n) is 3.05. The quantitative estimate of drug-likeness (QED) is 0.760. The molecule has 0 unspecified atom stereocenters. The second-order valence-electron chi connectivity index (χ2n) is 4.73. The zero-order valence-electron chi connectivity index (χ0n) is 12.4. The summed E-state index contributed by atoms with van der Waals surface area (Å²) in [4.78, 5) is 0. The van der Waals surface area contributed by atoms with Crippen molar-refractivity contribution in [3.05, 3.63) is 48.0 Å². The largest absolute Gasteiger partial charge is 0.508 e. The van der Waals surface area contributed by atoms with Crippen molar-refractivity contribution >= 4 is 5.69 Å². The van der Waals surface area contributed by atoms with Gasteiger partial charge in [0.05, 0.1) is 13.7 Å². The second kappa shape index (κ2) is 7.43. The highest BCUT2D eigenvalue weighted by atomic mass is 16.5. The molecule has 0 fully saturated rings. The molecule has 0 aliphatic rings. The predicted molar refractivity (Wildman–Crippen MR) is 84.2 cm³/mol. The Hall–Kier alpha value is -2.36. The van der Waals surface area contributed by atoms with E-state index >= 15 is 0 Å². The van der Waals surface area contributed by atoms with Crippen LogP contribution in [-0.4, -0.2) is 18.8 Å². The number of phenolic OH excluding ortho intramolecular Hbond substituents is 1. The van der Waals surface area contributed by atoms with Gasteiger partial charge in [0.25, 0.3) is 0 Å². The van der Waals surface area contributed by atoms with Crippen molar-refractivity contribution < 1.29 is 14.6 Å². The number of ether oxygens (including phenoxy) is 2. The number of aromatic hydroxyl groups is 1. The highest BCUT2D eigenvalue weighted by molar-refractivity contribution is 5.48. The number of phenols is 1. The van der Waals surface area contributed by atoms with E-state index in [1.165, 1.54) is 0 Å². The van der Waals surface area contributed by atoms with E-state index < -0.39 is 0 Å². The third-order valence-corrected chi connectivity index (χ3v) is 3.05. The molecule has 21 heavy (non-hydrogen) atoms. The van der Waals surface area contributed by atoms with E-state index in [0.717, 1.165) is 29.2 Å². The Balaban J connectivity index is 2.01. The van der Waals surface area contributed by atoms with Crippen molar-refractivity contribution in [1.29, 1.82) is 0 Å². The average Bonchev–Trinajstić information content (AvgIpc) is 2.52. The van der Waals surface area contributed by atoms with E-state index in [9.17, 15) is 5.11 Å². The highest BCUT2D eigenvalue weighted by Crippen LogP contribution is 2.28. The second-order valence-corrected chi connectivity index (χ2v) is 4.73. The van der Waals surface area contributed by atoms with Crippen LogP contribution in [0.1, 0.15) is 18.9 Å². The number of hydrogen-bond acceptors (Lipinski definition) is 4. The first kappa shape index (κ1) is 15.0. The molecule has 0 spiro atoms. The zero-order valence-corrected chi connectivity index (χ0v) is 12.4. The molecule has 0 bridgehead atoms. The van der Waals surface area contributed by atoms with Crippen molar-refractivity contribution in [3.63, 3.8) is 0 Å². The molecule has 0 aliphatic heterocycles. The normalized spacial score (nSPS) is 10.2. The molecule has 0 atom stereocenters. The van der Waals surface area contributed by atoms with Crippen LogP contribution >= 0.6 is 0 Å². The average molecular weight is 287 g/mol. The summed E-state index contributed by atoms with van der Waals surface area (Å²) in [6.07, 6.45) is 0.966. The Morgan fingerprint density at radius 3 is 2.48 bits per heavy atom. The molecule has 0 amide bonds. The molecular formula is C17H21NO3. The van der Waals surface area contributed by atoms with E-state index in [0.29, 0.717) is 13.2 Å². The Bertz CT molecular complexity index is 567. The summed E-state index contributed by atoms with van der Waals surface area (Å²) < 4.78 is 11.0. The molecule has 4 heteroatoms. The number of rotatable bonds is 7. The van der Waals surface area contributed by atoms with Gasteiger partial charge in [-0.15, -0.1) is 0 Å². The lowest BCUT2D eigenvalue weighted by atomic mass is 10.2. The standard InChI is InChI=1S/C17H21NO3/c1-3-10-21-16-9-4-13(11-17(16)20-2)12-18-14-5-7-15(19)8-6-14/h4-9,11,18-19H,3,10,12H2,1-2H3. The monoisotopic (exact) mass is 287 g/mol. The van der Waals surface area contributed by atoms with Crippen molar-refractivity contribution in [2.45, 2.75) is 19.9 Å². The van der Waals surface area contributed by atoms with Gasteiger partial charge in [0.15, 0.2) is 11.5 Å². The summed E-state index contributed by atoms with van der Waals surface area (Å²) in [5.41, 5.74) is 2.06. The van der Waals surface area contributed by atoms with Gasteiger partial charge >= 0.3 is 0 Å². The lowest BCUT2D eigenvalue weighted by Gasteiger charge is -2.12. The van der Waals surface area contributed by atoms with Crippen LogP contribution in [0.15, 0.2) is 42.5 Å². The lowest BCUT2D eigenvalue weighted by Crippen LogP contribution is -2.02. The molecule has 0 saturated carbocycles. The molecule has 2 aromatic carbocycles. The Kier molecular flexibility index (Phi) is 5.32. The summed E-state index contributed by atoms with van der Waals surface area (Å²) in [5, 5.41) is 12.5. The molecule has 2 N–H and O–H groups in total. The number of nitrogens with one attached hydrogen (secondary N) is 1. The van der Waals surface area contributed by atoms with E-state index in [1.807, 2.05) is 30.3 Å². The van der Waals surface area contributed by atoms with Gasteiger partial charge in [-0.3, -0.25) is 0 Å². The fourth-order valence-electron chi connectivity index (χ4n) is 1.94. The smallest absolute Gasteiger partial charge is 0.161 e. The van der Waals surface area contributed by atoms with Crippen LogP contribution in [0, 0.1) is 0 Å². The third kappa shape index (κ3) is 4.31. The van der Waals surface area contributed by atoms with Crippen LogP contribution in [-0.2, 0) is 6.54 Å². The molecule has 0 aromatic heterocycles. The summed E-state index contributed by atoms with van der Waals surface area (Å²) in [7, 11) is 1.64. The minimum absolute atomic E-state index is 0.264. The van der Waals surface area contributed by atoms with Gasteiger partial charge in [0, 0.05) is 12.2 Å². The molecule has 2 rings (SSSR count). The maximum absolute atomic E-state index is 9.25. The van der Waals surface area contributed by atoms with Crippen molar-refractivity contribution in [2.24, 2.45) is 0 Å². The number of benzene rings is 2. The van der Waals surface area contributed by atoms with Gasteiger partial charge in [-0.25, -0.2) is 0 Å². The number of hydrogen-bond donors (Lipinski definition) is 2. The fraction of sp³-hybridized carbons (Fsp3) is 0.294. The number of methoxy groups -OCH3 is 1. The van der Waals surface area contributed by atoms with Gasteiger partial charge < -0.3 is 19.9 Å². The topological polar surface area (TPSA) is 50.7 Å². The van der Waals surface area contributed by atoms with Crippen molar-refractivity contribution in [2.75, 3.05) is 19.0 Å². The molecule has 2 aromatic rings. The summed E-state index contributed by atoms with van der Waals surface area (Å²) in [6, 6.07) is 12.9. The minimum atomic E-state index is 0.264. The minimum Gasteiger partial charge on any atom is -0.508 e. The fourth-order valence-corrected chi connectivity index (χ4v) is 1.94. The van der Waals surface area contributed by atoms with E-state index in [-0.39, 0.29) is 5.75 Å². The molecule has 0 radical (unpaired) electrons. The lowest BCUT2D eigenvalue weighted by molar-refractivity contribution is 0.294. The van der Waals surface area contributed by atoms with Crippen LogP contribution < -0.4 is 14.8 Å². The molecule has 0 heterocycles. The molecule has 4 nitrogen and oxygen atoms in total. The molecular weight excluding hydrogens is 266 g/mol. The van der Waals surface area contributed by atoms with Crippen LogP contribution in [0.5, 0.6) is 17.2 Å². The summed E-state index contributed by atoms with van der Waals surface area (Å²) in [6.45, 7) is 3.43. The van der Waals surface area contributed by atoms with Crippen LogP contribution in [0.4, 0.5) is 5.69 Å². The van der Waals surface area contributed by atoms with E-state index in [1.54, 1.807) is 19.2 Å². The first-order chi connectivity index (χ1) is 10.2. The zero-order chi connectivity index (χ0) is 15.1. The molecule has 0 aliphatic carbocycles. The Morgan fingerprint density at radius 2 is 1.81 bits per heavy atom. The highest BCUT2D eigenvalue weighted by Gasteiger charge is 2.05. The van der Waals surface area contributed by atoms with Crippen molar-refractivity contribution in [1.82, 2.24) is 0 Å². The number of anilines is 1. The SMILES string of the molecule is CCCOc1ccc(CNc2ccc(O)cc2)cc1OC. The van der Waals surface area contributed by atoms with Crippen LogP contribution in [0.25, 0.3) is 0 Å². The molecule has 0 saturated heterocycles. The molecule has 112 valence electrons. The first-order valence-corrected chi connectivity index (χ1v) is 7.05. The van der Waals surface area contributed by atoms with Crippen LogP contribution in [0.3, 0.4) is 0 Å². The van der Waals surface area contributed by atoms with Gasteiger partial charge in [0.1, 0.15) is 5.75 Å². The van der Waals surface area contributed by atoms with E-state index in [4.69, 9.17) is 9.47 Å². The summed E-state index contributed by atoms with van der Waals surface area (Å²) >= 11 is 0. The van der Waals surface area contributed by atoms with Crippen LogP contribution in [0.2, 0.25) is 0 Å². The van der Waals surface area contributed by atoms with Crippen molar-refractivity contribution in [3.8, 4) is 17.2 Å². The first-order valence-electron chi connectivity index (χ1n) is 7.05. The predicted octanol–water partition coefficient (Wildman–Crippen LogP) is 3.80. The van der Waals surface area contributed by atoms with Gasteiger partial charge in [-0.2, -0.15) is 0 Å². The van der Waals surface area contributed by atoms with Gasteiger partial charge in [0.2, 0.25) is 0 Å². The van der Waals surface area contributed by atoms with Gasteiger partial charge in [-0.1, -0.05) is 13.0 Å². The summed E-state index contributed by atoms with van der Waals surface area (Å²) in [5.74, 6) is 1.78. The van der Waals surface area contributed by atoms with Gasteiger partial charge in [-0.05, 0) is 48.4 Å². The maximum Gasteiger partial charge on any atom is 0.161 e. The Morgan fingerprint density at radius 1 is 1.05 bits per heavy atom.